The summed E-state index contributed by atoms with van der Waals surface area (Å²) in [6, 6.07) is 3.91. The van der Waals surface area contributed by atoms with Gasteiger partial charge in [-0.3, -0.25) is 14.6 Å². The second-order valence-electron chi connectivity index (χ2n) is 7.65. The molecular formula is C20H29N2O3. The number of hydrogen-bond acceptors (Lipinski definition) is 3. The third-order valence-corrected chi connectivity index (χ3v) is 5.70. The highest BCUT2D eigenvalue weighted by Gasteiger charge is 2.42. The number of hydrogen-bond donors (Lipinski definition) is 1. The van der Waals surface area contributed by atoms with Gasteiger partial charge in [0.1, 0.15) is 5.60 Å². The summed E-state index contributed by atoms with van der Waals surface area (Å²) in [6.45, 7) is 0. The predicted octanol–water partition coefficient (Wildman–Crippen LogP) is 3.75. The summed E-state index contributed by atoms with van der Waals surface area (Å²) in [5.41, 5.74) is 2.44. The highest BCUT2D eigenvalue weighted by Crippen LogP contribution is 2.39. The molecule has 2 atom stereocenters. The molecule has 25 heavy (non-hydrogen) atoms. The Morgan fingerprint density at radius 3 is 2.76 bits per heavy atom. The zero-order chi connectivity index (χ0) is 17.5. The van der Waals surface area contributed by atoms with Gasteiger partial charge in [0, 0.05) is 12.4 Å². The van der Waals surface area contributed by atoms with Gasteiger partial charge in [0.05, 0.1) is 12.5 Å². The van der Waals surface area contributed by atoms with Crippen LogP contribution in [0.25, 0.3) is 0 Å². The van der Waals surface area contributed by atoms with Crippen molar-refractivity contribution in [3.8, 4) is 0 Å². The van der Waals surface area contributed by atoms with E-state index >= 15 is 0 Å². The Kier molecular flexibility index (Phi) is 6.43. The van der Waals surface area contributed by atoms with Crippen LogP contribution in [-0.4, -0.2) is 22.6 Å². The average Bonchev–Trinajstić information content (AvgIpc) is 2.64. The molecule has 5 nitrogen and oxygen atoms in total. The molecule has 2 fully saturated rings. The van der Waals surface area contributed by atoms with E-state index in [2.05, 4.69) is 10.5 Å². The van der Waals surface area contributed by atoms with Crippen LogP contribution in [0.5, 0.6) is 0 Å². The van der Waals surface area contributed by atoms with Gasteiger partial charge in [-0.25, -0.2) is 10.6 Å². The zero-order valence-electron chi connectivity index (χ0n) is 14.9. The van der Waals surface area contributed by atoms with E-state index in [1.807, 2.05) is 18.3 Å². The molecule has 2 aliphatic rings. The van der Waals surface area contributed by atoms with E-state index in [9.17, 15) is 9.90 Å². The van der Waals surface area contributed by atoms with Gasteiger partial charge in [-0.2, -0.15) is 0 Å². The fourth-order valence-electron chi connectivity index (χ4n) is 4.25. The van der Waals surface area contributed by atoms with E-state index in [0.717, 1.165) is 50.5 Å². The largest absolute Gasteiger partial charge is 0.273 e. The number of nitrogens with one attached hydrogen (secondary N) is 1. The molecule has 1 aromatic rings. The minimum atomic E-state index is -1.20. The number of carbonyl (C=O) groups is 1. The fourth-order valence-corrected chi connectivity index (χ4v) is 4.25. The first-order valence-corrected chi connectivity index (χ1v) is 9.69. The number of carbonyl (C=O) groups excluding carboxylic acids is 1. The van der Waals surface area contributed by atoms with E-state index in [1.165, 1.54) is 6.42 Å². The lowest BCUT2D eigenvalue weighted by Gasteiger charge is -2.37. The van der Waals surface area contributed by atoms with Crippen LogP contribution in [0.2, 0.25) is 0 Å². The summed E-state index contributed by atoms with van der Waals surface area (Å²) in [5, 5.41) is 13.4. The molecule has 5 heteroatoms. The summed E-state index contributed by atoms with van der Waals surface area (Å²) >= 11 is 0. The summed E-state index contributed by atoms with van der Waals surface area (Å²) < 4.78 is 0. The molecule has 1 amide bonds. The molecule has 2 aliphatic carbocycles. The van der Waals surface area contributed by atoms with E-state index < -0.39 is 5.60 Å². The standard InChI is InChI=1S/C20H29N2O3/c23-19(22-25-18-9-2-1-3-10-18)14-20(24)11-5-4-8-17(20)13-16-7-6-12-21-15-16/h6-7,12,15,17-18H,1-5,8-11,13-14H2,(H,22,23). The maximum atomic E-state index is 13.4. The van der Waals surface area contributed by atoms with Crippen molar-refractivity contribution in [2.24, 2.45) is 5.92 Å². The first kappa shape index (κ1) is 18.3. The van der Waals surface area contributed by atoms with Gasteiger partial charge in [0.15, 0.2) is 0 Å². The summed E-state index contributed by atoms with van der Waals surface area (Å²) in [4.78, 5) is 22.0. The van der Waals surface area contributed by atoms with Crippen molar-refractivity contribution in [1.29, 1.82) is 0 Å². The Bertz CT molecular complexity index is 545. The Morgan fingerprint density at radius 2 is 2.00 bits per heavy atom. The summed E-state index contributed by atoms with van der Waals surface area (Å²) in [6.07, 6.45) is 13.3. The monoisotopic (exact) mass is 345 g/mol. The third-order valence-electron chi connectivity index (χ3n) is 5.70. The quantitative estimate of drug-likeness (QED) is 0.798. The van der Waals surface area contributed by atoms with E-state index in [1.54, 1.807) is 6.20 Å². The highest BCUT2D eigenvalue weighted by molar-refractivity contribution is 5.76. The van der Waals surface area contributed by atoms with Crippen LogP contribution in [0.15, 0.2) is 24.5 Å². The molecule has 0 aliphatic heterocycles. The number of rotatable bonds is 6. The summed E-state index contributed by atoms with van der Waals surface area (Å²) in [5.74, 6) is -0.287. The topological polar surface area (TPSA) is 71.1 Å². The van der Waals surface area contributed by atoms with Crippen LogP contribution in [0.1, 0.15) is 69.8 Å². The van der Waals surface area contributed by atoms with Crippen LogP contribution in [0.3, 0.4) is 0 Å². The van der Waals surface area contributed by atoms with Crippen molar-refractivity contribution >= 4 is 5.91 Å². The SMILES string of the molecule is [O]C1(CC(=O)NOC2CCCCC2)CCCCC1Cc1cccnc1. The highest BCUT2D eigenvalue weighted by atomic mass is 16.7. The van der Waals surface area contributed by atoms with Crippen molar-refractivity contribution in [3.05, 3.63) is 30.1 Å². The van der Waals surface area contributed by atoms with Crippen molar-refractivity contribution in [2.75, 3.05) is 0 Å². The van der Waals surface area contributed by atoms with Crippen molar-refractivity contribution in [3.63, 3.8) is 0 Å². The molecular weight excluding hydrogens is 316 g/mol. The molecule has 137 valence electrons. The lowest BCUT2D eigenvalue weighted by Crippen LogP contribution is -2.45. The molecule has 0 aromatic carbocycles. The fraction of sp³-hybridized carbons (Fsp3) is 0.700. The second-order valence-corrected chi connectivity index (χ2v) is 7.65. The predicted molar refractivity (Wildman–Crippen MR) is 94.0 cm³/mol. The van der Waals surface area contributed by atoms with Crippen LogP contribution >= 0.6 is 0 Å². The minimum absolute atomic E-state index is 0.00461. The second kappa shape index (κ2) is 8.77. The Labute approximate surface area is 150 Å². The molecule has 1 radical (unpaired) electrons. The molecule has 0 bridgehead atoms. The van der Waals surface area contributed by atoms with Gasteiger partial charge in [-0.05, 0) is 49.7 Å². The van der Waals surface area contributed by atoms with Gasteiger partial charge >= 0.3 is 0 Å². The first-order chi connectivity index (χ1) is 12.2. The van der Waals surface area contributed by atoms with Crippen LogP contribution in [-0.2, 0) is 21.2 Å². The summed E-state index contributed by atoms with van der Waals surface area (Å²) in [7, 11) is 0. The minimum Gasteiger partial charge on any atom is -0.273 e. The lowest BCUT2D eigenvalue weighted by molar-refractivity contribution is -0.156. The number of hydroxylamine groups is 1. The molecule has 2 saturated carbocycles. The van der Waals surface area contributed by atoms with E-state index in [0.29, 0.717) is 12.8 Å². The smallest absolute Gasteiger partial charge is 0.246 e. The van der Waals surface area contributed by atoms with Crippen LogP contribution < -0.4 is 5.48 Å². The number of aromatic nitrogens is 1. The molecule has 1 heterocycles. The van der Waals surface area contributed by atoms with E-state index in [-0.39, 0.29) is 24.3 Å². The first-order valence-electron chi connectivity index (χ1n) is 9.69. The third kappa shape index (κ3) is 5.25. The number of amides is 1. The van der Waals surface area contributed by atoms with Crippen molar-refractivity contribution in [1.82, 2.24) is 10.5 Å². The van der Waals surface area contributed by atoms with Gasteiger partial charge in [-0.1, -0.05) is 38.2 Å². The van der Waals surface area contributed by atoms with Crippen LogP contribution in [0.4, 0.5) is 0 Å². The maximum absolute atomic E-state index is 13.4. The Balaban J connectivity index is 1.54. The Morgan fingerprint density at radius 1 is 1.20 bits per heavy atom. The lowest BCUT2D eigenvalue weighted by atomic mass is 9.71. The van der Waals surface area contributed by atoms with Crippen LogP contribution in [0, 0.1) is 5.92 Å². The molecule has 1 N–H and O–H groups in total. The van der Waals surface area contributed by atoms with Crippen molar-refractivity contribution < 1.29 is 14.7 Å². The molecule has 0 spiro atoms. The van der Waals surface area contributed by atoms with Gasteiger partial charge < -0.3 is 0 Å². The molecule has 1 aromatic heterocycles. The Hall–Kier alpha value is -1.46. The van der Waals surface area contributed by atoms with Gasteiger partial charge in [-0.15, -0.1) is 0 Å². The average molecular weight is 345 g/mol. The van der Waals surface area contributed by atoms with Crippen molar-refractivity contribution in [2.45, 2.75) is 82.3 Å². The number of nitrogens with zero attached hydrogens (tertiary/aromatic N) is 1. The molecule has 2 unspecified atom stereocenters. The molecule has 0 saturated heterocycles. The number of pyridine rings is 1. The van der Waals surface area contributed by atoms with E-state index in [4.69, 9.17) is 4.84 Å². The normalized spacial score (nSPS) is 27.8. The van der Waals surface area contributed by atoms with Gasteiger partial charge in [0.2, 0.25) is 5.91 Å². The maximum Gasteiger partial charge on any atom is 0.246 e. The molecule has 3 rings (SSSR count). The zero-order valence-corrected chi connectivity index (χ0v) is 14.9. The van der Waals surface area contributed by atoms with Gasteiger partial charge in [0.25, 0.3) is 0 Å².